The topological polar surface area (TPSA) is 55.4 Å². The van der Waals surface area contributed by atoms with Gasteiger partial charge >= 0.3 is 0 Å². The van der Waals surface area contributed by atoms with Crippen LogP contribution < -0.4 is 10.1 Å². The van der Waals surface area contributed by atoms with Gasteiger partial charge < -0.3 is 10.1 Å². The molecule has 23 heavy (non-hydrogen) atoms. The molecule has 0 radical (unpaired) electrons. The Labute approximate surface area is 143 Å². The summed E-state index contributed by atoms with van der Waals surface area (Å²) in [7, 11) is -0.929. The van der Waals surface area contributed by atoms with Gasteiger partial charge in [0.05, 0.1) is 6.54 Å². The summed E-state index contributed by atoms with van der Waals surface area (Å²) in [6, 6.07) is 14.2. The van der Waals surface area contributed by atoms with Gasteiger partial charge in [0.1, 0.15) is 12.4 Å². The molecule has 0 aromatic heterocycles. The molecule has 0 saturated heterocycles. The first-order chi connectivity index (χ1) is 11.0. The first-order valence-electron chi connectivity index (χ1n) is 7.10. The second-order valence-electron chi connectivity index (χ2n) is 4.98. The Kier molecular flexibility index (Phi) is 6.62. The van der Waals surface area contributed by atoms with Crippen LogP contribution in [-0.4, -0.2) is 29.5 Å². The molecule has 1 N–H and O–H groups in total. The lowest BCUT2D eigenvalue weighted by atomic mass is 10.1. The Hall–Kier alpha value is -1.85. The van der Waals surface area contributed by atoms with Crippen molar-refractivity contribution in [1.82, 2.24) is 5.32 Å². The van der Waals surface area contributed by atoms with Crippen LogP contribution in [0, 0.1) is 0 Å². The van der Waals surface area contributed by atoms with Gasteiger partial charge in [-0.05, 0) is 42.0 Å². The smallest absolute Gasteiger partial charge is 0.251 e. The Morgan fingerprint density at radius 3 is 2.65 bits per heavy atom. The molecule has 2 aromatic carbocycles. The van der Waals surface area contributed by atoms with Gasteiger partial charge in [-0.1, -0.05) is 23.7 Å². The van der Waals surface area contributed by atoms with Gasteiger partial charge in [-0.2, -0.15) is 0 Å². The van der Waals surface area contributed by atoms with Crippen molar-refractivity contribution >= 4 is 28.3 Å². The predicted molar refractivity (Wildman–Crippen MR) is 93.5 cm³/mol. The number of amides is 1. The van der Waals surface area contributed by atoms with E-state index in [2.05, 4.69) is 5.32 Å². The molecular weight excluding hydrogens is 334 g/mol. The second kappa shape index (κ2) is 8.70. The number of halogens is 1. The maximum atomic E-state index is 12.1. The summed E-state index contributed by atoms with van der Waals surface area (Å²) in [4.78, 5) is 12.1. The molecule has 1 unspecified atom stereocenters. The van der Waals surface area contributed by atoms with E-state index < -0.39 is 10.8 Å². The normalized spacial score (nSPS) is 11.7. The third kappa shape index (κ3) is 6.04. The van der Waals surface area contributed by atoms with Gasteiger partial charge in [0, 0.05) is 33.4 Å². The summed E-state index contributed by atoms with van der Waals surface area (Å²) >= 11 is 5.79. The fourth-order valence-electron chi connectivity index (χ4n) is 2.00. The molecule has 0 fully saturated rings. The van der Waals surface area contributed by atoms with Crippen LogP contribution in [0.15, 0.2) is 48.5 Å². The number of hydrogen-bond acceptors (Lipinski definition) is 3. The number of hydrogen-bond donors (Lipinski definition) is 1. The average molecular weight is 352 g/mol. The van der Waals surface area contributed by atoms with E-state index in [1.54, 1.807) is 48.7 Å². The summed E-state index contributed by atoms with van der Waals surface area (Å²) in [6.45, 7) is 0.761. The van der Waals surface area contributed by atoms with Crippen molar-refractivity contribution < 1.29 is 13.7 Å². The molecule has 2 rings (SSSR count). The minimum absolute atomic E-state index is 0.173. The second-order valence-corrected chi connectivity index (χ2v) is 6.85. The number of nitrogens with one attached hydrogen (secondary N) is 1. The van der Waals surface area contributed by atoms with Gasteiger partial charge in [0.2, 0.25) is 0 Å². The Morgan fingerprint density at radius 2 is 1.96 bits per heavy atom. The van der Waals surface area contributed by atoms with E-state index >= 15 is 0 Å². The molecular formula is C17H18ClNO3S. The first-order valence-corrected chi connectivity index (χ1v) is 9.20. The van der Waals surface area contributed by atoms with E-state index in [-0.39, 0.29) is 5.91 Å². The zero-order chi connectivity index (χ0) is 16.7. The monoisotopic (exact) mass is 351 g/mol. The summed E-state index contributed by atoms with van der Waals surface area (Å²) in [5.74, 6) is 0.977. The molecule has 6 heteroatoms. The van der Waals surface area contributed by atoms with Gasteiger partial charge in [0.25, 0.3) is 5.91 Å². The third-order valence-electron chi connectivity index (χ3n) is 3.03. The number of carbonyl (C=O) groups is 1. The fourth-order valence-corrected chi connectivity index (χ4v) is 2.78. The van der Waals surface area contributed by atoms with Crippen LogP contribution in [0.5, 0.6) is 5.75 Å². The molecule has 0 spiro atoms. The number of benzene rings is 2. The van der Waals surface area contributed by atoms with Gasteiger partial charge in [-0.25, -0.2) is 0 Å². The number of carbonyl (C=O) groups excluding carboxylic acids is 1. The third-order valence-corrected chi connectivity index (χ3v) is 4.02. The van der Waals surface area contributed by atoms with Crippen molar-refractivity contribution in [2.75, 3.05) is 19.4 Å². The number of ether oxygens (including phenoxy) is 1. The van der Waals surface area contributed by atoms with Gasteiger partial charge in [-0.15, -0.1) is 0 Å². The highest BCUT2D eigenvalue weighted by molar-refractivity contribution is 7.83. The maximum absolute atomic E-state index is 12.1. The summed E-state index contributed by atoms with van der Waals surface area (Å²) in [6.07, 6.45) is 1.64. The standard InChI is InChI=1S/C17H18ClNO3S/c1-23(21)12-13-3-2-4-14(11-13)17(20)19-9-10-22-16-7-5-15(18)6-8-16/h2-8,11H,9-10,12H2,1H3,(H,19,20). The van der Waals surface area contributed by atoms with Crippen molar-refractivity contribution in [2.24, 2.45) is 0 Å². The van der Waals surface area contributed by atoms with Crippen LogP contribution in [0.2, 0.25) is 5.02 Å². The van der Waals surface area contributed by atoms with Crippen LogP contribution >= 0.6 is 11.6 Å². The van der Waals surface area contributed by atoms with Crippen LogP contribution in [-0.2, 0) is 16.6 Å². The van der Waals surface area contributed by atoms with Crippen LogP contribution in [0.4, 0.5) is 0 Å². The predicted octanol–water partition coefficient (Wildman–Crippen LogP) is 3.03. The van der Waals surface area contributed by atoms with E-state index in [0.29, 0.717) is 35.2 Å². The molecule has 4 nitrogen and oxygen atoms in total. The maximum Gasteiger partial charge on any atom is 0.251 e. The van der Waals surface area contributed by atoms with Crippen LogP contribution in [0.1, 0.15) is 15.9 Å². The van der Waals surface area contributed by atoms with Gasteiger partial charge in [-0.3, -0.25) is 9.00 Å². The molecule has 0 aliphatic rings. The lowest BCUT2D eigenvalue weighted by Gasteiger charge is -2.08. The van der Waals surface area contributed by atoms with E-state index in [1.807, 2.05) is 6.07 Å². The SMILES string of the molecule is CS(=O)Cc1cccc(C(=O)NCCOc2ccc(Cl)cc2)c1. The summed E-state index contributed by atoms with van der Waals surface area (Å²) < 4.78 is 16.8. The molecule has 0 heterocycles. The van der Waals surface area contributed by atoms with Crippen LogP contribution in [0.25, 0.3) is 0 Å². The Bertz CT molecular complexity index is 688. The lowest BCUT2D eigenvalue weighted by molar-refractivity contribution is 0.0947. The highest BCUT2D eigenvalue weighted by Crippen LogP contribution is 2.15. The Balaban J connectivity index is 1.80. The van der Waals surface area contributed by atoms with Crippen molar-refractivity contribution in [1.29, 1.82) is 0 Å². The molecule has 0 bridgehead atoms. The highest BCUT2D eigenvalue weighted by atomic mass is 35.5. The minimum atomic E-state index is -0.929. The van der Waals surface area contributed by atoms with Crippen molar-refractivity contribution in [2.45, 2.75) is 5.75 Å². The van der Waals surface area contributed by atoms with Crippen molar-refractivity contribution in [3.63, 3.8) is 0 Å². The summed E-state index contributed by atoms with van der Waals surface area (Å²) in [5.41, 5.74) is 1.44. The first kappa shape index (κ1) is 17.5. The lowest BCUT2D eigenvalue weighted by Crippen LogP contribution is -2.28. The van der Waals surface area contributed by atoms with E-state index in [1.165, 1.54) is 0 Å². The molecule has 1 atom stereocenters. The molecule has 0 aliphatic carbocycles. The van der Waals surface area contributed by atoms with Crippen molar-refractivity contribution in [3.8, 4) is 5.75 Å². The zero-order valence-electron chi connectivity index (χ0n) is 12.8. The molecule has 1 amide bonds. The van der Waals surface area contributed by atoms with E-state index in [4.69, 9.17) is 16.3 Å². The minimum Gasteiger partial charge on any atom is -0.492 e. The van der Waals surface area contributed by atoms with Crippen molar-refractivity contribution in [3.05, 3.63) is 64.7 Å². The van der Waals surface area contributed by atoms with Crippen LogP contribution in [0.3, 0.4) is 0 Å². The molecule has 2 aromatic rings. The summed E-state index contributed by atoms with van der Waals surface area (Å²) in [5, 5.41) is 3.45. The molecule has 0 saturated carbocycles. The Morgan fingerprint density at radius 1 is 1.22 bits per heavy atom. The average Bonchev–Trinajstić information content (AvgIpc) is 2.52. The highest BCUT2D eigenvalue weighted by Gasteiger charge is 2.06. The van der Waals surface area contributed by atoms with E-state index in [0.717, 1.165) is 5.56 Å². The largest absolute Gasteiger partial charge is 0.492 e. The molecule has 122 valence electrons. The number of rotatable bonds is 7. The van der Waals surface area contributed by atoms with Gasteiger partial charge in [0.15, 0.2) is 0 Å². The fraction of sp³-hybridized carbons (Fsp3) is 0.235. The van der Waals surface area contributed by atoms with E-state index in [9.17, 15) is 9.00 Å². The zero-order valence-corrected chi connectivity index (χ0v) is 14.3. The quantitative estimate of drug-likeness (QED) is 0.780. The molecule has 0 aliphatic heterocycles.